The summed E-state index contributed by atoms with van der Waals surface area (Å²) in [6.07, 6.45) is 2.47. The maximum Gasteiger partial charge on any atom is 0.0970 e. The van der Waals surface area contributed by atoms with Gasteiger partial charge in [-0.15, -0.1) is 11.3 Å². The first-order chi connectivity index (χ1) is 7.83. The van der Waals surface area contributed by atoms with Crippen molar-refractivity contribution in [3.05, 3.63) is 28.8 Å². The van der Waals surface area contributed by atoms with Gasteiger partial charge in [0.1, 0.15) is 0 Å². The maximum absolute atomic E-state index is 4.77. The Kier molecular flexibility index (Phi) is 2.65. The van der Waals surface area contributed by atoms with Crippen molar-refractivity contribution in [3.63, 3.8) is 0 Å². The summed E-state index contributed by atoms with van der Waals surface area (Å²) >= 11 is 1.88. The normalized spacial score (nSPS) is 18.1. The Hall–Kier alpha value is -0.930. The lowest BCUT2D eigenvalue weighted by Crippen LogP contribution is -2.26. The molecular weight excluding hydrogens is 216 g/mol. The molecule has 2 nitrogen and oxygen atoms in total. The van der Waals surface area contributed by atoms with Crippen LogP contribution in [0.5, 0.6) is 0 Å². The predicted octanol–water partition coefficient (Wildman–Crippen LogP) is 3.07. The topological polar surface area (TPSA) is 24.9 Å². The van der Waals surface area contributed by atoms with Crippen molar-refractivity contribution in [1.82, 2.24) is 10.3 Å². The molecule has 1 aromatic carbocycles. The number of nitrogens with zero attached hydrogens (tertiary/aromatic N) is 1. The first kappa shape index (κ1) is 10.2. The molecule has 0 radical (unpaired) electrons. The third-order valence-electron chi connectivity index (χ3n) is 3.25. The molecule has 1 aromatic heterocycles. The van der Waals surface area contributed by atoms with E-state index in [4.69, 9.17) is 4.98 Å². The molecule has 1 saturated heterocycles. The fraction of sp³-hybridized carbons (Fsp3) is 0.462. The van der Waals surface area contributed by atoms with Crippen LogP contribution in [0.25, 0.3) is 10.2 Å². The van der Waals surface area contributed by atoms with Gasteiger partial charge in [0.2, 0.25) is 0 Å². The van der Waals surface area contributed by atoms with E-state index in [-0.39, 0.29) is 0 Å². The zero-order chi connectivity index (χ0) is 11.0. The average molecular weight is 232 g/mol. The van der Waals surface area contributed by atoms with Crippen molar-refractivity contribution in [2.24, 2.45) is 0 Å². The van der Waals surface area contributed by atoms with Crippen molar-refractivity contribution < 1.29 is 0 Å². The van der Waals surface area contributed by atoms with Crippen LogP contribution in [0.2, 0.25) is 0 Å². The number of hydrogen-bond acceptors (Lipinski definition) is 3. The van der Waals surface area contributed by atoms with E-state index in [1.807, 2.05) is 11.3 Å². The van der Waals surface area contributed by atoms with Crippen LogP contribution in [0, 0.1) is 6.92 Å². The van der Waals surface area contributed by atoms with Crippen LogP contribution in [-0.4, -0.2) is 18.1 Å². The third-order valence-corrected chi connectivity index (χ3v) is 4.43. The standard InChI is InChI=1S/C13H16N2S/c1-9-2-3-11-12(8-9)16-13(15-11)10-4-6-14-7-5-10/h2-3,8,10,14H,4-7H2,1H3. The summed E-state index contributed by atoms with van der Waals surface area (Å²) in [5.41, 5.74) is 2.50. The van der Waals surface area contributed by atoms with Gasteiger partial charge in [0.05, 0.1) is 15.2 Å². The number of aromatic nitrogens is 1. The minimum Gasteiger partial charge on any atom is -0.317 e. The van der Waals surface area contributed by atoms with Crippen molar-refractivity contribution in [2.75, 3.05) is 13.1 Å². The van der Waals surface area contributed by atoms with Gasteiger partial charge in [0.25, 0.3) is 0 Å². The number of fused-ring (bicyclic) bond motifs is 1. The minimum absolute atomic E-state index is 0.680. The highest BCUT2D eigenvalue weighted by atomic mass is 32.1. The van der Waals surface area contributed by atoms with Crippen LogP contribution in [0.1, 0.15) is 29.3 Å². The zero-order valence-corrected chi connectivity index (χ0v) is 10.3. The summed E-state index contributed by atoms with van der Waals surface area (Å²) in [4.78, 5) is 4.77. The third kappa shape index (κ3) is 1.85. The first-order valence-corrected chi connectivity index (χ1v) is 6.72. The minimum atomic E-state index is 0.680. The number of rotatable bonds is 1. The number of thiazole rings is 1. The quantitative estimate of drug-likeness (QED) is 0.817. The Balaban J connectivity index is 1.97. The Bertz CT molecular complexity index is 498. The molecule has 3 heteroatoms. The fourth-order valence-corrected chi connectivity index (χ4v) is 3.53. The van der Waals surface area contributed by atoms with Gasteiger partial charge < -0.3 is 5.32 Å². The SMILES string of the molecule is Cc1ccc2nc(C3CCNCC3)sc2c1. The highest BCUT2D eigenvalue weighted by molar-refractivity contribution is 7.18. The summed E-state index contributed by atoms with van der Waals surface area (Å²) in [5, 5.41) is 4.74. The van der Waals surface area contributed by atoms with E-state index in [0.29, 0.717) is 5.92 Å². The molecule has 0 unspecified atom stereocenters. The van der Waals surface area contributed by atoms with Crippen LogP contribution in [0.3, 0.4) is 0 Å². The van der Waals surface area contributed by atoms with Crippen molar-refractivity contribution >= 4 is 21.6 Å². The van der Waals surface area contributed by atoms with E-state index >= 15 is 0 Å². The number of piperidine rings is 1. The molecule has 0 spiro atoms. The van der Waals surface area contributed by atoms with Crippen molar-refractivity contribution in [3.8, 4) is 0 Å². The van der Waals surface area contributed by atoms with Gasteiger partial charge in [-0.1, -0.05) is 6.07 Å². The van der Waals surface area contributed by atoms with Gasteiger partial charge in [-0.25, -0.2) is 4.98 Å². The Morgan fingerprint density at radius 1 is 1.31 bits per heavy atom. The predicted molar refractivity (Wildman–Crippen MR) is 69.2 cm³/mol. The molecule has 16 heavy (non-hydrogen) atoms. The zero-order valence-electron chi connectivity index (χ0n) is 9.49. The molecule has 1 aliphatic heterocycles. The van der Waals surface area contributed by atoms with E-state index in [2.05, 4.69) is 30.4 Å². The second-order valence-corrected chi connectivity index (χ2v) is 5.61. The molecule has 1 N–H and O–H groups in total. The second kappa shape index (κ2) is 4.15. The lowest BCUT2D eigenvalue weighted by molar-refractivity contribution is 0.459. The summed E-state index contributed by atoms with van der Waals surface area (Å²) in [6.45, 7) is 4.42. The van der Waals surface area contributed by atoms with Crippen molar-refractivity contribution in [1.29, 1.82) is 0 Å². The molecule has 0 saturated carbocycles. The van der Waals surface area contributed by atoms with Gasteiger partial charge in [0, 0.05) is 5.92 Å². The van der Waals surface area contributed by atoms with Gasteiger partial charge in [-0.3, -0.25) is 0 Å². The highest BCUT2D eigenvalue weighted by Gasteiger charge is 2.18. The molecule has 1 aliphatic rings. The molecule has 2 aromatic rings. The lowest BCUT2D eigenvalue weighted by Gasteiger charge is -2.20. The highest BCUT2D eigenvalue weighted by Crippen LogP contribution is 2.32. The summed E-state index contributed by atoms with van der Waals surface area (Å²) in [7, 11) is 0. The monoisotopic (exact) mass is 232 g/mol. The fourth-order valence-electron chi connectivity index (χ4n) is 2.29. The van der Waals surface area contributed by atoms with Gasteiger partial charge in [0.15, 0.2) is 0 Å². The molecule has 3 rings (SSSR count). The summed E-state index contributed by atoms with van der Waals surface area (Å²) in [5.74, 6) is 0.680. The molecule has 2 heterocycles. The van der Waals surface area contributed by atoms with E-state index in [1.54, 1.807) is 0 Å². The van der Waals surface area contributed by atoms with Crippen LogP contribution >= 0.6 is 11.3 Å². The van der Waals surface area contributed by atoms with Crippen LogP contribution in [-0.2, 0) is 0 Å². The van der Waals surface area contributed by atoms with Gasteiger partial charge in [-0.2, -0.15) is 0 Å². The van der Waals surface area contributed by atoms with E-state index in [0.717, 1.165) is 13.1 Å². The molecule has 1 fully saturated rings. The van der Waals surface area contributed by atoms with Crippen LogP contribution < -0.4 is 5.32 Å². The Morgan fingerprint density at radius 3 is 2.94 bits per heavy atom. The summed E-state index contributed by atoms with van der Waals surface area (Å²) < 4.78 is 1.34. The van der Waals surface area contributed by atoms with Crippen molar-refractivity contribution in [2.45, 2.75) is 25.7 Å². The number of hydrogen-bond donors (Lipinski definition) is 1. The van der Waals surface area contributed by atoms with E-state index < -0.39 is 0 Å². The average Bonchev–Trinajstić information content (AvgIpc) is 2.73. The number of nitrogens with one attached hydrogen (secondary N) is 1. The largest absolute Gasteiger partial charge is 0.317 e. The van der Waals surface area contributed by atoms with E-state index in [9.17, 15) is 0 Å². The molecule has 0 amide bonds. The maximum atomic E-state index is 4.77. The Labute approximate surface area is 99.7 Å². The lowest BCUT2D eigenvalue weighted by atomic mass is 9.99. The molecule has 0 aliphatic carbocycles. The van der Waals surface area contributed by atoms with Crippen LogP contribution in [0.15, 0.2) is 18.2 Å². The first-order valence-electron chi connectivity index (χ1n) is 5.91. The van der Waals surface area contributed by atoms with E-state index in [1.165, 1.54) is 33.6 Å². The number of aryl methyl sites for hydroxylation is 1. The molecular formula is C13H16N2S. The molecule has 0 bridgehead atoms. The molecule has 0 atom stereocenters. The smallest absolute Gasteiger partial charge is 0.0970 e. The Morgan fingerprint density at radius 2 is 2.12 bits per heavy atom. The second-order valence-electron chi connectivity index (χ2n) is 4.55. The summed E-state index contributed by atoms with van der Waals surface area (Å²) in [6, 6.07) is 6.54. The number of benzene rings is 1. The molecule has 84 valence electrons. The van der Waals surface area contributed by atoms with Gasteiger partial charge >= 0.3 is 0 Å². The van der Waals surface area contributed by atoms with Crippen LogP contribution in [0.4, 0.5) is 0 Å². The van der Waals surface area contributed by atoms with Gasteiger partial charge in [-0.05, 0) is 50.6 Å².